The third-order valence-corrected chi connectivity index (χ3v) is 13.9. The molecule has 0 amide bonds. The molecule has 3 heteroatoms. The van der Waals surface area contributed by atoms with Crippen molar-refractivity contribution in [2.24, 2.45) is 0 Å². The lowest BCUT2D eigenvalue weighted by Crippen LogP contribution is -2.28. The number of benzene rings is 11. The maximum atomic E-state index is 7.20. The quantitative estimate of drug-likeness (QED) is 0.144. The van der Waals surface area contributed by atoms with Gasteiger partial charge < -0.3 is 14.5 Å². The van der Waals surface area contributed by atoms with Gasteiger partial charge in [0.1, 0.15) is 11.5 Å². The van der Waals surface area contributed by atoms with Crippen LogP contribution in [0.2, 0.25) is 0 Å². The SMILES string of the molecule is c1ccc(-c2ccc(N(c3cc4c5c(cccc5c3)-c3ccc(N(c5ccccc5)c5ccccc5)cc3O4)c3cccc4c3-c3ccccc3C4(c3ccccc3)c3ccccc3)cc2)cc1. The third kappa shape index (κ3) is 6.28. The van der Waals surface area contributed by atoms with Gasteiger partial charge in [0.05, 0.1) is 16.8 Å². The normalized spacial score (nSPS) is 12.6. The second-order valence-corrected chi connectivity index (χ2v) is 17.6. The molecule has 1 heterocycles. The molecule has 0 radical (unpaired) electrons. The van der Waals surface area contributed by atoms with Gasteiger partial charge in [0, 0.05) is 51.4 Å². The summed E-state index contributed by atoms with van der Waals surface area (Å²) in [5.41, 5.74) is 17.8. The molecule has 3 nitrogen and oxygen atoms in total. The first-order valence-corrected chi connectivity index (χ1v) is 23.3. The molecule has 0 atom stereocenters. The van der Waals surface area contributed by atoms with Crippen LogP contribution in [0.5, 0.6) is 11.5 Å². The van der Waals surface area contributed by atoms with E-state index < -0.39 is 5.41 Å². The molecule has 2 aliphatic rings. The number of para-hydroxylation sites is 2. The topological polar surface area (TPSA) is 15.7 Å². The summed E-state index contributed by atoms with van der Waals surface area (Å²) in [6.07, 6.45) is 0. The second-order valence-electron chi connectivity index (χ2n) is 17.6. The van der Waals surface area contributed by atoms with E-state index in [-0.39, 0.29) is 0 Å². The van der Waals surface area contributed by atoms with Crippen LogP contribution in [0.15, 0.2) is 267 Å². The summed E-state index contributed by atoms with van der Waals surface area (Å²) in [6.45, 7) is 0. The fourth-order valence-corrected chi connectivity index (χ4v) is 11.0. The maximum Gasteiger partial charge on any atom is 0.138 e. The number of ether oxygens (including phenoxy) is 1. The molecule has 13 rings (SSSR count). The lowest BCUT2D eigenvalue weighted by Gasteiger charge is -2.34. The van der Waals surface area contributed by atoms with Crippen LogP contribution in [-0.2, 0) is 5.41 Å². The Morgan fingerprint density at radius 3 is 1.50 bits per heavy atom. The Morgan fingerprint density at radius 1 is 0.309 bits per heavy atom. The Labute approximate surface area is 397 Å². The Morgan fingerprint density at radius 2 is 0.824 bits per heavy atom. The fourth-order valence-electron chi connectivity index (χ4n) is 11.0. The van der Waals surface area contributed by atoms with Gasteiger partial charge in [-0.25, -0.2) is 0 Å². The summed E-state index contributed by atoms with van der Waals surface area (Å²) < 4.78 is 7.20. The minimum Gasteiger partial charge on any atom is -0.456 e. The van der Waals surface area contributed by atoms with E-state index in [1.54, 1.807) is 0 Å². The van der Waals surface area contributed by atoms with Crippen LogP contribution in [0, 0.1) is 0 Å². The van der Waals surface area contributed by atoms with E-state index in [0.29, 0.717) is 0 Å². The van der Waals surface area contributed by atoms with E-state index in [9.17, 15) is 0 Å². The van der Waals surface area contributed by atoms with Crippen molar-refractivity contribution in [3.63, 3.8) is 0 Å². The first-order valence-electron chi connectivity index (χ1n) is 23.3. The van der Waals surface area contributed by atoms with Gasteiger partial charge in [-0.1, -0.05) is 194 Å². The van der Waals surface area contributed by atoms with Crippen LogP contribution >= 0.6 is 0 Å². The van der Waals surface area contributed by atoms with Crippen LogP contribution in [0.3, 0.4) is 0 Å². The number of hydrogen-bond acceptors (Lipinski definition) is 3. The standard InChI is InChI=1S/C65H44N2O/c1-6-20-45(21-7-1)46-36-38-52(39-37-46)67(60-35-19-34-59-64(60)57-31-16-17-33-58(57)65(59,48-23-8-2-9-24-48)49-25-10-3-11-26-49)54-42-47-22-18-32-56-55-41-40-53(43-61(55)68-62(44-54)63(47)56)66(50-27-12-4-13-28-50)51-29-14-5-15-30-51/h1-44H. The molecule has 0 spiro atoms. The first kappa shape index (κ1) is 39.4. The van der Waals surface area contributed by atoms with Crippen molar-refractivity contribution in [1.29, 1.82) is 0 Å². The van der Waals surface area contributed by atoms with Crippen LogP contribution in [0.25, 0.3) is 44.2 Å². The molecule has 1 aliphatic carbocycles. The van der Waals surface area contributed by atoms with Gasteiger partial charge >= 0.3 is 0 Å². The zero-order valence-corrected chi connectivity index (χ0v) is 37.2. The minimum absolute atomic E-state index is 0.546. The zero-order chi connectivity index (χ0) is 45.0. The van der Waals surface area contributed by atoms with Crippen molar-refractivity contribution in [3.05, 3.63) is 289 Å². The van der Waals surface area contributed by atoms with Crippen LogP contribution in [-0.4, -0.2) is 0 Å². The van der Waals surface area contributed by atoms with Crippen LogP contribution in [0.4, 0.5) is 34.1 Å². The van der Waals surface area contributed by atoms with Crippen molar-refractivity contribution < 1.29 is 4.74 Å². The smallest absolute Gasteiger partial charge is 0.138 e. The lowest BCUT2D eigenvalue weighted by molar-refractivity contribution is 0.487. The number of rotatable bonds is 9. The van der Waals surface area contributed by atoms with Gasteiger partial charge in [-0.3, -0.25) is 0 Å². The molecule has 0 unspecified atom stereocenters. The van der Waals surface area contributed by atoms with E-state index in [0.717, 1.165) is 67.5 Å². The minimum atomic E-state index is -0.546. The molecule has 11 aromatic carbocycles. The Bertz CT molecular complexity index is 3550. The van der Waals surface area contributed by atoms with Crippen LogP contribution < -0.4 is 14.5 Å². The average Bonchev–Trinajstić information content (AvgIpc) is 3.72. The molecule has 0 fully saturated rings. The van der Waals surface area contributed by atoms with Crippen molar-refractivity contribution >= 4 is 44.9 Å². The molecule has 320 valence electrons. The van der Waals surface area contributed by atoms with Crippen molar-refractivity contribution in [3.8, 4) is 44.9 Å². The number of hydrogen-bond donors (Lipinski definition) is 0. The maximum absolute atomic E-state index is 7.20. The number of anilines is 6. The highest BCUT2D eigenvalue weighted by molar-refractivity contribution is 6.07. The van der Waals surface area contributed by atoms with Gasteiger partial charge in [0.15, 0.2) is 0 Å². The van der Waals surface area contributed by atoms with Crippen molar-refractivity contribution in [1.82, 2.24) is 0 Å². The predicted molar refractivity (Wildman–Crippen MR) is 282 cm³/mol. The van der Waals surface area contributed by atoms with E-state index >= 15 is 0 Å². The fraction of sp³-hybridized carbons (Fsp3) is 0.0154. The first-order chi connectivity index (χ1) is 33.7. The average molecular weight is 869 g/mol. The predicted octanol–water partition coefficient (Wildman–Crippen LogP) is 17.6. The van der Waals surface area contributed by atoms with Gasteiger partial charge in [0.25, 0.3) is 0 Å². The largest absolute Gasteiger partial charge is 0.456 e. The summed E-state index contributed by atoms with van der Waals surface area (Å²) in [4.78, 5) is 4.73. The molecule has 1 aliphatic heterocycles. The second kappa shape index (κ2) is 16.2. The molecular weight excluding hydrogens is 825 g/mol. The Kier molecular flexibility index (Phi) is 9.40. The molecule has 68 heavy (non-hydrogen) atoms. The molecule has 0 saturated carbocycles. The molecule has 0 bridgehead atoms. The summed E-state index contributed by atoms with van der Waals surface area (Å²) in [5, 5.41) is 2.22. The van der Waals surface area contributed by atoms with Gasteiger partial charge in [-0.15, -0.1) is 0 Å². The molecule has 0 saturated heterocycles. The lowest BCUT2D eigenvalue weighted by atomic mass is 9.68. The number of nitrogens with zero attached hydrogens (tertiary/aromatic N) is 2. The highest BCUT2D eigenvalue weighted by atomic mass is 16.5. The van der Waals surface area contributed by atoms with Gasteiger partial charge in [0.2, 0.25) is 0 Å². The van der Waals surface area contributed by atoms with E-state index in [1.807, 2.05) is 0 Å². The molecule has 0 aromatic heterocycles. The molecule has 11 aromatic rings. The zero-order valence-electron chi connectivity index (χ0n) is 37.2. The summed E-state index contributed by atoms with van der Waals surface area (Å²) in [7, 11) is 0. The highest BCUT2D eigenvalue weighted by Crippen LogP contribution is 2.60. The Balaban J connectivity index is 1.02. The summed E-state index contributed by atoms with van der Waals surface area (Å²) in [6, 6.07) is 96.5. The highest BCUT2D eigenvalue weighted by Gasteiger charge is 2.47. The third-order valence-electron chi connectivity index (χ3n) is 13.9. The van der Waals surface area contributed by atoms with Crippen LogP contribution in [0.1, 0.15) is 22.3 Å². The Hall–Kier alpha value is -8.92. The summed E-state index contributed by atoms with van der Waals surface area (Å²) in [5.74, 6) is 1.64. The monoisotopic (exact) mass is 868 g/mol. The summed E-state index contributed by atoms with van der Waals surface area (Å²) >= 11 is 0. The molecular formula is C65H44N2O. The van der Waals surface area contributed by atoms with Gasteiger partial charge in [-0.05, 0) is 111 Å². The van der Waals surface area contributed by atoms with Crippen molar-refractivity contribution in [2.45, 2.75) is 5.41 Å². The molecule has 0 N–H and O–H groups in total. The van der Waals surface area contributed by atoms with Crippen molar-refractivity contribution in [2.75, 3.05) is 9.80 Å². The number of fused-ring (bicyclic) bond motifs is 5. The van der Waals surface area contributed by atoms with E-state index in [1.165, 1.54) is 44.5 Å². The van der Waals surface area contributed by atoms with E-state index in [2.05, 4.69) is 277 Å². The van der Waals surface area contributed by atoms with E-state index in [4.69, 9.17) is 4.74 Å². The van der Waals surface area contributed by atoms with Gasteiger partial charge in [-0.2, -0.15) is 0 Å².